The van der Waals surface area contributed by atoms with Gasteiger partial charge < -0.3 is 0 Å². The minimum Gasteiger partial charge on any atom is -0.258 e. The average Bonchev–Trinajstić information content (AvgIpc) is 2.28. The molecule has 0 aliphatic heterocycles. The molecule has 6 heteroatoms. The summed E-state index contributed by atoms with van der Waals surface area (Å²) in [5.41, 5.74) is -0.199. The van der Waals surface area contributed by atoms with Gasteiger partial charge in [0, 0.05) is 16.7 Å². The quantitative estimate of drug-likeness (QED) is 0.592. The molecule has 0 heterocycles. The molecule has 92 valence electrons. The zero-order valence-electron chi connectivity index (χ0n) is 8.86. The van der Waals surface area contributed by atoms with Crippen LogP contribution in [0.15, 0.2) is 36.4 Å². The standard InChI is InChI=1S/C12H6Cl2FNO2/c13-7-4-5-11(16(17)18)8(6-7)12-9(14)2-1-3-10(12)15/h1-6H. The molecule has 0 amide bonds. The van der Waals surface area contributed by atoms with Gasteiger partial charge in [0.15, 0.2) is 0 Å². The molecule has 0 spiro atoms. The Morgan fingerprint density at radius 2 is 1.89 bits per heavy atom. The molecule has 0 bridgehead atoms. The zero-order chi connectivity index (χ0) is 13.3. The van der Waals surface area contributed by atoms with Crippen molar-refractivity contribution in [1.29, 1.82) is 0 Å². The third kappa shape index (κ3) is 2.30. The van der Waals surface area contributed by atoms with E-state index < -0.39 is 10.7 Å². The number of benzene rings is 2. The third-order valence-electron chi connectivity index (χ3n) is 2.39. The molecule has 0 aliphatic carbocycles. The fraction of sp³-hybridized carbons (Fsp3) is 0. The van der Waals surface area contributed by atoms with Gasteiger partial charge in [0.05, 0.1) is 15.5 Å². The topological polar surface area (TPSA) is 43.1 Å². The maximum atomic E-state index is 13.8. The van der Waals surface area contributed by atoms with Crippen molar-refractivity contribution in [3.05, 3.63) is 62.4 Å². The summed E-state index contributed by atoms with van der Waals surface area (Å²) in [6.45, 7) is 0. The van der Waals surface area contributed by atoms with Crippen LogP contribution in [0.3, 0.4) is 0 Å². The molecule has 3 nitrogen and oxygen atoms in total. The monoisotopic (exact) mass is 285 g/mol. The molecule has 0 saturated carbocycles. The van der Waals surface area contributed by atoms with Gasteiger partial charge >= 0.3 is 0 Å². The lowest BCUT2D eigenvalue weighted by molar-refractivity contribution is -0.384. The SMILES string of the molecule is O=[N+]([O-])c1ccc(Cl)cc1-c1c(F)cccc1Cl. The third-order valence-corrected chi connectivity index (χ3v) is 2.94. The van der Waals surface area contributed by atoms with E-state index in [4.69, 9.17) is 23.2 Å². The predicted octanol–water partition coefficient (Wildman–Crippen LogP) is 4.71. The lowest BCUT2D eigenvalue weighted by atomic mass is 10.0. The number of nitro groups is 1. The van der Waals surface area contributed by atoms with E-state index in [1.54, 1.807) is 0 Å². The Hall–Kier alpha value is -1.65. The van der Waals surface area contributed by atoms with Crippen LogP contribution < -0.4 is 0 Å². The van der Waals surface area contributed by atoms with Gasteiger partial charge in [-0.2, -0.15) is 0 Å². The summed E-state index contributed by atoms with van der Waals surface area (Å²) in [5, 5.41) is 11.3. The van der Waals surface area contributed by atoms with Gasteiger partial charge in [-0.15, -0.1) is 0 Å². The zero-order valence-corrected chi connectivity index (χ0v) is 10.4. The van der Waals surface area contributed by atoms with E-state index in [1.165, 1.54) is 36.4 Å². The summed E-state index contributed by atoms with van der Waals surface area (Å²) < 4.78 is 13.8. The van der Waals surface area contributed by atoms with Crippen LogP contribution in [0.1, 0.15) is 0 Å². The first-order valence-corrected chi connectivity index (χ1v) is 5.64. The summed E-state index contributed by atoms with van der Waals surface area (Å²) in [6.07, 6.45) is 0. The molecule has 18 heavy (non-hydrogen) atoms. The predicted molar refractivity (Wildman–Crippen MR) is 68.5 cm³/mol. The summed E-state index contributed by atoms with van der Waals surface area (Å²) >= 11 is 11.7. The number of hydrogen-bond donors (Lipinski definition) is 0. The van der Waals surface area contributed by atoms with Gasteiger partial charge in [-0.3, -0.25) is 10.1 Å². The number of nitrogens with zero attached hydrogens (tertiary/aromatic N) is 1. The molecule has 0 aliphatic rings. The highest BCUT2D eigenvalue weighted by molar-refractivity contribution is 6.34. The maximum Gasteiger partial charge on any atom is 0.277 e. The van der Waals surface area contributed by atoms with E-state index in [-0.39, 0.29) is 26.9 Å². The second kappa shape index (κ2) is 4.92. The van der Waals surface area contributed by atoms with Crippen LogP contribution in [0.2, 0.25) is 10.0 Å². The van der Waals surface area contributed by atoms with Gasteiger partial charge in [0.2, 0.25) is 0 Å². The Bertz CT molecular complexity index is 611. The van der Waals surface area contributed by atoms with Crippen molar-refractivity contribution in [3.8, 4) is 11.1 Å². The van der Waals surface area contributed by atoms with Gasteiger partial charge in [0.25, 0.3) is 5.69 Å². The summed E-state index contributed by atoms with van der Waals surface area (Å²) in [7, 11) is 0. The molecule has 0 radical (unpaired) electrons. The van der Waals surface area contributed by atoms with E-state index >= 15 is 0 Å². The van der Waals surface area contributed by atoms with E-state index in [2.05, 4.69) is 0 Å². The molecule has 0 unspecified atom stereocenters. The summed E-state index contributed by atoms with van der Waals surface area (Å²) in [6, 6.07) is 8.00. The van der Waals surface area contributed by atoms with Crippen molar-refractivity contribution in [2.24, 2.45) is 0 Å². The Labute approximate surface area is 112 Å². The number of rotatable bonds is 2. The molecule has 0 N–H and O–H groups in total. The summed E-state index contributed by atoms with van der Waals surface area (Å²) in [5.74, 6) is -0.632. The molecule has 2 rings (SSSR count). The first kappa shape index (κ1) is 12.8. The summed E-state index contributed by atoms with van der Waals surface area (Å²) in [4.78, 5) is 10.3. The molecule has 2 aromatic rings. The van der Waals surface area contributed by atoms with E-state index in [0.29, 0.717) is 0 Å². The van der Waals surface area contributed by atoms with Crippen LogP contribution in [0, 0.1) is 15.9 Å². The lowest BCUT2D eigenvalue weighted by Gasteiger charge is -2.07. The van der Waals surface area contributed by atoms with Crippen molar-refractivity contribution < 1.29 is 9.31 Å². The van der Waals surface area contributed by atoms with Crippen LogP contribution in [-0.2, 0) is 0 Å². The van der Waals surface area contributed by atoms with Crippen LogP contribution in [-0.4, -0.2) is 4.92 Å². The highest BCUT2D eigenvalue weighted by atomic mass is 35.5. The minimum atomic E-state index is -0.632. The molecule has 0 aromatic heterocycles. The minimum absolute atomic E-state index is 0.0200. The first-order chi connectivity index (χ1) is 8.50. The molecule has 0 saturated heterocycles. The second-order valence-electron chi connectivity index (χ2n) is 3.52. The van der Waals surface area contributed by atoms with Crippen molar-refractivity contribution >= 4 is 28.9 Å². The smallest absolute Gasteiger partial charge is 0.258 e. The molecular weight excluding hydrogens is 280 g/mol. The van der Waals surface area contributed by atoms with Crippen molar-refractivity contribution in [2.75, 3.05) is 0 Å². The highest BCUT2D eigenvalue weighted by Crippen LogP contribution is 2.37. The maximum absolute atomic E-state index is 13.8. The molecule has 0 atom stereocenters. The number of halogens is 3. The van der Waals surface area contributed by atoms with E-state index in [9.17, 15) is 14.5 Å². The first-order valence-electron chi connectivity index (χ1n) is 4.89. The largest absolute Gasteiger partial charge is 0.277 e. The lowest BCUT2D eigenvalue weighted by Crippen LogP contribution is -1.94. The van der Waals surface area contributed by atoms with Crippen molar-refractivity contribution in [2.45, 2.75) is 0 Å². The van der Waals surface area contributed by atoms with Crippen LogP contribution in [0.4, 0.5) is 10.1 Å². The number of hydrogen-bond acceptors (Lipinski definition) is 2. The second-order valence-corrected chi connectivity index (χ2v) is 4.36. The van der Waals surface area contributed by atoms with E-state index in [0.717, 1.165) is 0 Å². The number of nitro benzene ring substituents is 1. The van der Waals surface area contributed by atoms with E-state index in [1.807, 2.05) is 0 Å². The highest BCUT2D eigenvalue weighted by Gasteiger charge is 2.20. The average molecular weight is 286 g/mol. The normalized spacial score (nSPS) is 10.4. The Morgan fingerprint density at radius 3 is 2.50 bits per heavy atom. The van der Waals surface area contributed by atoms with Gasteiger partial charge in [-0.1, -0.05) is 29.3 Å². The Balaban J connectivity index is 2.77. The Morgan fingerprint density at radius 1 is 1.17 bits per heavy atom. The van der Waals surface area contributed by atoms with Crippen LogP contribution >= 0.6 is 23.2 Å². The molecular formula is C12H6Cl2FNO2. The molecule has 2 aromatic carbocycles. The fourth-order valence-corrected chi connectivity index (χ4v) is 2.06. The van der Waals surface area contributed by atoms with Gasteiger partial charge in [-0.05, 0) is 24.3 Å². The van der Waals surface area contributed by atoms with Gasteiger partial charge in [0.1, 0.15) is 5.82 Å². The van der Waals surface area contributed by atoms with Crippen molar-refractivity contribution in [1.82, 2.24) is 0 Å². The van der Waals surface area contributed by atoms with Crippen LogP contribution in [0.25, 0.3) is 11.1 Å². The Kier molecular flexibility index (Phi) is 3.50. The molecule has 0 fully saturated rings. The van der Waals surface area contributed by atoms with Gasteiger partial charge in [-0.25, -0.2) is 4.39 Å². The fourth-order valence-electron chi connectivity index (χ4n) is 1.62. The van der Waals surface area contributed by atoms with Crippen molar-refractivity contribution in [3.63, 3.8) is 0 Å². The van der Waals surface area contributed by atoms with Crippen LogP contribution in [0.5, 0.6) is 0 Å².